The van der Waals surface area contributed by atoms with E-state index in [1.165, 1.54) is 42.7 Å². The number of thiocarbonyl (C=S) groups is 1. The predicted molar refractivity (Wildman–Crippen MR) is 96.4 cm³/mol. The molecule has 2 unspecified atom stereocenters. The van der Waals surface area contributed by atoms with Gasteiger partial charge in [0.1, 0.15) is 4.99 Å². The molecule has 1 heterocycles. The average Bonchev–Trinajstić information content (AvgIpc) is 2.91. The van der Waals surface area contributed by atoms with E-state index in [1.807, 2.05) is 11.8 Å². The Morgan fingerprint density at radius 3 is 2.90 bits per heavy atom. The van der Waals surface area contributed by atoms with Crippen molar-refractivity contribution in [2.24, 2.45) is 11.7 Å². The highest BCUT2D eigenvalue weighted by Crippen LogP contribution is 2.41. The Balaban J connectivity index is 1.97. The first-order valence-electron chi connectivity index (χ1n) is 8.04. The lowest BCUT2D eigenvalue weighted by Gasteiger charge is -2.34. The Labute approximate surface area is 137 Å². The van der Waals surface area contributed by atoms with Gasteiger partial charge in [0.15, 0.2) is 0 Å². The lowest BCUT2D eigenvalue weighted by Crippen LogP contribution is -2.36. The van der Waals surface area contributed by atoms with Crippen LogP contribution in [-0.4, -0.2) is 23.3 Å². The first kappa shape index (κ1) is 15.2. The molecule has 2 nitrogen and oxygen atoms in total. The van der Waals surface area contributed by atoms with Crippen molar-refractivity contribution < 1.29 is 0 Å². The van der Waals surface area contributed by atoms with Crippen LogP contribution in [0.15, 0.2) is 23.1 Å². The zero-order chi connectivity index (χ0) is 14.8. The average molecular weight is 321 g/mol. The van der Waals surface area contributed by atoms with Crippen LogP contribution in [-0.2, 0) is 0 Å². The van der Waals surface area contributed by atoms with Gasteiger partial charge in [-0.05, 0) is 43.1 Å². The molecule has 2 atom stereocenters. The second kappa shape index (κ2) is 6.57. The lowest BCUT2D eigenvalue weighted by atomic mass is 9.85. The molecule has 2 N–H and O–H groups in total. The molecule has 2 aliphatic rings. The summed E-state index contributed by atoms with van der Waals surface area (Å²) < 4.78 is 0. The number of hydrogen-bond acceptors (Lipinski definition) is 3. The first-order valence-corrected chi connectivity index (χ1v) is 9.44. The number of thioether (sulfide) groups is 1. The van der Waals surface area contributed by atoms with Crippen molar-refractivity contribution in [2.75, 3.05) is 17.2 Å². The molecule has 1 aromatic rings. The molecule has 0 spiro atoms. The van der Waals surface area contributed by atoms with Gasteiger partial charge in [0, 0.05) is 28.7 Å². The zero-order valence-electron chi connectivity index (χ0n) is 12.7. The number of benzene rings is 1. The van der Waals surface area contributed by atoms with Crippen LogP contribution < -0.4 is 10.6 Å². The van der Waals surface area contributed by atoms with Crippen LogP contribution in [0, 0.1) is 5.92 Å². The number of hydrogen-bond donors (Lipinski definition) is 1. The van der Waals surface area contributed by atoms with E-state index in [4.69, 9.17) is 18.0 Å². The minimum Gasteiger partial charge on any atom is -0.389 e. The van der Waals surface area contributed by atoms with Gasteiger partial charge in [0.25, 0.3) is 0 Å². The van der Waals surface area contributed by atoms with E-state index in [-0.39, 0.29) is 0 Å². The van der Waals surface area contributed by atoms with Gasteiger partial charge in [0.2, 0.25) is 0 Å². The summed E-state index contributed by atoms with van der Waals surface area (Å²) in [4.78, 5) is 4.38. The fourth-order valence-corrected chi connectivity index (χ4v) is 5.11. The number of fused-ring (bicyclic) bond motifs is 1. The second-order valence-corrected chi connectivity index (χ2v) is 7.79. The van der Waals surface area contributed by atoms with Crippen LogP contribution in [0.3, 0.4) is 0 Å². The van der Waals surface area contributed by atoms with Gasteiger partial charge >= 0.3 is 0 Å². The molecule has 0 amide bonds. The van der Waals surface area contributed by atoms with Crippen LogP contribution in [0.2, 0.25) is 0 Å². The molecule has 4 heteroatoms. The molecule has 1 aliphatic carbocycles. The van der Waals surface area contributed by atoms with Crippen molar-refractivity contribution >= 4 is 34.7 Å². The third-order valence-electron chi connectivity index (χ3n) is 4.87. The fourth-order valence-electron chi connectivity index (χ4n) is 3.99. The van der Waals surface area contributed by atoms with E-state index in [2.05, 4.69) is 30.0 Å². The molecular formula is C17H24N2S2. The van der Waals surface area contributed by atoms with E-state index < -0.39 is 0 Å². The minimum atomic E-state index is 0.542. The summed E-state index contributed by atoms with van der Waals surface area (Å²) in [5.74, 6) is 1.92. The third kappa shape index (κ3) is 2.93. The smallest absolute Gasteiger partial charge is 0.107 e. The number of nitrogens with two attached hydrogens (primary N) is 1. The van der Waals surface area contributed by atoms with Crippen molar-refractivity contribution in [3.63, 3.8) is 0 Å². The summed E-state index contributed by atoms with van der Waals surface area (Å²) in [6.45, 7) is 3.33. The SMILES string of the molecule is CCSc1cccc(N2CCC3CCCCC32)c1C(N)=S. The van der Waals surface area contributed by atoms with Crippen LogP contribution in [0.25, 0.3) is 0 Å². The molecule has 1 aromatic carbocycles. The maximum Gasteiger partial charge on any atom is 0.107 e. The molecule has 0 aromatic heterocycles. The second-order valence-electron chi connectivity index (χ2n) is 6.04. The number of anilines is 1. The molecular weight excluding hydrogens is 296 g/mol. The summed E-state index contributed by atoms with van der Waals surface area (Å²) >= 11 is 7.21. The highest BCUT2D eigenvalue weighted by Gasteiger charge is 2.36. The van der Waals surface area contributed by atoms with Gasteiger partial charge in [-0.2, -0.15) is 0 Å². The van der Waals surface area contributed by atoms with Gasteiger partial charge in [-0.3, -0.25) is 0 Å². The minimum absolute atomic E-state index is 0.542. The van der Waals surface area contributed by atoms with Crippen molar-refractivity contribution in [3.8, 4) is 0 Å². The highest BCUT2D eigenvalue weighted by atomic mass is 32.2. The summed E-state index contributed by atoms with van der Waals surface area (Å²) in [5, 5.41) is 0. The molecule has 1 saturated carbocycles. The van der Waals surface area contributed by atoms with Gasteiger partial charge in [-0.15, -0.1) is 11.8 Å². The maximum atomic E-state index is 6.07. The molecule has 0 bridgehead atoms. The molecule has 1 aliphatic heterocycles. The summed E-state index contributed by atoms with van der Waals surface area (Å²) in [7, 11) is 0. The molecule has 0 radical (unpaired) electrons. The lowest BCUT2D eigenvalue weighted by molar-refractivity contribution is 0.342. The summed E-state index contributed by atoms with van der Waals surface area (Å²) in [6, 6.07) is 7.23. The van der Waals surface area contributed by atoms with Gasteiger partial charge in [-0.1, -0.05) is 38.0 Å². The van der Waals surface area contributed by atoms with Crippen LogP contribution in [0.5, 0.6) is 0 Å². The van der Waals surface area contributed by atoms with E-state index in [1.54, 1.807) is 0 Å². The van der Waals surface area contributed by atoms with Crippen molar-refractivity contribution in [1.82, 2.24) is 0 Å². The van der Waals surface area contributed by atoms with Crippen molar-refractivity contribution in [2.45, 2.75) is 50.0 Å². The Kier molecular flexibility index (Phi) is 4.75. The zero-order valence-corrected chi connectivity index (χ0v) is 14.3. The quantitative estimate of drug-likeness (QED) is 0.665. The molecule has 21 heavy (non-hydrogen) atoms. The summed E-state index contributed by atoms with van der Waals surface area (Å²) in [5.41, 5.74) is 8.45. The molecule has 2 fully saturated rings. The monoisotopic (exact) mass is 320 g/mol. The fraction of sp³-hybridized carbons (Fsp3) is 0.588. The molecule has 1 saturated heterocycles. The van der Waals surface area contributed by atoms with E-state index in [9.17, 15) is 0 Å². The van der Waals surface area contributed by atoms with Gasteiger partial charge < -0.3 is 10.6 Å². The summed E-state index contributed by atoms with van der Waals surface area (Å²) in [6.07, 6.45) is 6.82. The van der Waals surface area contributed by atoms with Crippen LogP contribution >= 0.6 is 24.0 Å². The standard InChI is InChI=1S/C17H24N2S2/c1-2-21-15-9-5-8-14(16(15)17(18)20)19-11-10-12-6-3-4-7-13(12)19/h5,8-9,12-13H,2-4,6-7,10-11H2,1H3,(H2,18,20). The van der Waals surface area contributed by atoms with Gasteiger partial charge in [-0.25, -0.2) is 0 Å². The normalized spacial score (nSPS) is 24.9. The topological polar surface area (TPSA) is 29.3 Å². The van der Waals surface area contributed by atoms with E-state index in [0.717, 1.165) is 23.8 Å². The molecule has 114 valence electrons. The van der Waals surface area contributed by atoms with E-state index in [0.29, 0.717) is 11.0 Å². The number of nitrogens with zero attached hydrogens (tertiary/aromatic N) is 1. The van der Waals surface area contributed by atoms with Crippen molar-refractivity contribution in [1.29, 1.82) is 0 Å². The third-order valence-corrected chi connectivity index (χ3v) is 6.01. The van der Waals surface area contributed by atoms with Crippen molar-refractivity contribution in [3.05, 3.63) is 23.8 Å². The maximum absolute atomic E-state index is 6.07. The Morgan fingerprint density at radius 1 is 1.33 bits per heavy atom. The largest absolute Gasteiger partial charge is 0.389 e. The number of rotatable bonds is 4. The van der Waals surface area contributed by atoms with Gasteiger partial charge in [0.05, 0.1) is 0 Å². The first-order chi connectivity index (χ1) is 10.2. The molecule has 3 rings (SSSR count). The van der Waals surface area contributed by atoms with Crippen LogP contribution in [0.4, 0.5) is 5.69 Å². The predicted octanol–water partition coefficient (Wildman–Crippen LogP) is 4.20. The Hall–Kier alpha value is -0.740. The highest BCUT2D eigenvalue weighted by molar-refractivity contribution is 7.99. The Bertz CT molecular complexity index is 530. The van der Waals surface area contributed by atoms with E-state index >= 15 is 0 Å². The van der Waals surface area contributed by atoms with Crippen LogP contribution in [0.1, 0.15) is 44.6 Å². The Morgan fingerprint density at radius 2 is 2.14 bits per heavy atom.